The summed E-state index contributed by atoms with van der Waals surface area (Å²) < 4.78 is 11.4. The SMILES string of the molecule is c1ccc(-c2cc(-c3ccccc3)cc(-c3nc(-c4ccc(-c5cccc6c5c5ccc7oc8cccc9c%10ccccc%10n6c5c7c89)cc4)nc(-c4cccc5c4sc4ccccc45)n3)c2)cc1. The van der Waals surface area contributed by atoms with Crippen LogP contribution in [0.15, 0.2) is 223 Å². The molecule has 320 valence electrons. The van der Waals surface area contributed by atoms with E-state index in [4.69, 9.17) is 19.4 Å². The smallest absolute Gasteiger partial charge is 0.165 e. The van der Waals surface area contributed by atoms with E-state index in [1.807, 2.05) is 0 Å². The van der Waals surface area contributed by atoms with Crippen LogP contribution in [-0.2, 0) is 0 Å². The lowest BCUT2D eigenvalue weighted by Crippen LogP contribution is -2.01. The van der Waals surface area contributed by atoms with E-state index in [-0.39, 0.29) is 0 Å². The Kier molecular flexibility index (Phi) is 8.17. The van der Waals surface area contributed by atoms with E-state index in [2.05, 4.69) is 223 Å². The van der Waals surface area contributed by atoms with Crippen molar-refractivity contribution in [1.82, 2.24) is 19.4 Å². The third kappa shape index (κ3) is 5.79. The zero-order chi connectivity index (χ0) is 45.2. The molecule has 0 saturated heterocycles. The maximum absolute atomic E-state index is 6.54. The number of benzene rings is 10. The van der Waals surface area contributed by atoms with Gasteiger partial charge in [-0.3, -0.25) is 0 Å². The van der Waals surface area contributed by atoms with Crippen LogP contribution in [0.25, 0.3) is 148 Å². The third-order valence-electron chi connectivity index (χ3n) is 14.0. The Balaban J connectivity index is 0.934. The number of furan rings is 1. The second kappa shape index (κ2) is 14.8. The first kappa shape index (κ1) is 38.2. The standard InChI is InChI=1S/C63H36N4OS/c1-3-14-37(15-4-1)41-34-42(38-16-5-2-6-17-38)36-43(35-41)62-64-61(65-63(66-62)50-23-11-22-48-46-19-8-10-27-55(46)69-60(48)50)40-30-28-39(29-31-40)44-20-12-25-52-56(44)49-32-33-54-58-57-47(21-13-26-53(57)68-54)45-18-7-9-24-51(45)67(52)59(49)58/h1-36H. The molecule has 0 aliphatic heterocycles. The van der Waals surface area contributed by atoms with Crippen molar-refractivity contribution in [3.63, 3.8) is 0 Å². The predicted octanol–water partition coefficient (Wildman–Crippen LogP) is 17.3. The molecule has 0 fully saturated rings. The lowest BCUT2D eigenvalue weighted by atomic mass is 9.95. The summed E-state index contributed by atoms with van der Waals surface area (Å²) in [4.78, 5) is 16.0. The van der Waals surface area contributed by atoms with E-state index < -0.39 is 0 Å². The number of hydrogen-bond donors (Lipinski definition) is 0. The van der Waals surface area contributed by atoms with Gasteiger partial charge < -0.3 is 8.82 Å². The van der Waals surface area contributed by atoms with Crippen molar-refractivity contribution in [2.45, 2.75) is 0 Å². The molecule has 0 bridgehead atoms. The molecule has 5 heterocycles. The first-order valence-electron chi connectivity index (χ1n) is 23.3. The predicted molar refractivity (Wildman–Crippen MR) is 287 cm³/mol. The van der Waals surface area contributed by atoms with Gasteiger partial charge in [-0.2, -0.15) is 0 Å². The summed E-state index contributed by atoms with van der Waals surface area (Å²) in [6, 6.07) is 77.8. The molecule has 0 unspecified atom stereocenters. The monoisotopic (exact) mass is 896 g/mol. The minimum absolute atomic E-state index is 0.615. The van der Waals surface area contributed by atoms with Gasteiger partial charge in [0.1, 0.15) is 11.2 Å². The Hall–Kier alpha value is -8.97. The molecule has 15 aromatic rings. The summed E-state index contributed by atoms with van der Waals surface area (Å²) in [7, 11) is 0. The summed E-state index contributed by atoms with van der Waals surface area (Å²) in [6.45, 7) is 0. The molecule has 69 heavy (non-hydrogen) atoms. The van der Waals surface area contributed by atoms with Gasteiger partial charge >= 0.3 is 0 Å². The van der Waals surface area contributed by atoms with Crippen LogP contribution in [0.3, 0.4) is 0 Å². The van der Waals surface area contributed by atoms with Crippen molar-refractivity contribution in [2.75, 3.05) is 0 Å². The molecule has 0 radical (unpaired) electrons. The fourth-order valence-corrected chi connectivity index (χ4v) is 12.1. The first-order valence-corrected chi connectivity index (χ1v) is 24.1. The van der Waals surface area contributed by atoms with Crippen LogP contribution in [0.2, 0.25) is 0 Å². The van der Waals surface area contributed by atoms with E-state index >= 15 is 0 Å². The van der Waals surface area contributed by atoms with E-state index in [9.17, 15) is 0 Å². The molecule has 0 saturated carbocycles. The maximum atomic E-state index is 6.54. The third-order valence-corrected chi connectivity index (χ3v) is 15.2. The summed E-state index contributed by atoms with van der Waals surface area (Å²) in [5.74, 6) is 1.88. The quantitative estimate of drug-likeness (QED) is 0.167. The summed E-state index contributed by atoms with van der Waals surface area (Å²) >= 11 is 1.78. The van der Waals surface area contributed by atoms with Crippen molar-refractivity contribution >= 4 is 91.5 Å². The van der Waals surface area contributed by atoms with Gasteiger partial charge in [0.15, 0.2) is 17.5 Å². The molecule has 5 aromatic heterocycles. The highest BCUT2D eigenvalue weighted by molar-refractivity contribution is 7.26. The number of para-hydroxylation sites is 1. The Labute approximate surface area is 399 Å². The van der Waals surface area contributed by atoms with Crippen LogP contribution >= 0.6 is 11.3 Å². The highest BCUT2D eigenvalue weighted by Gasteiger charge is 2.24. The van der Waals surface area contributed by atoms with Gasteiger partial charge in [-0.25, -0.2) is 15.0 Å². The highest BCUT2D eigenvalue weighted by atomic mass is 32.1. The van der Waals surface area contributed by atoms with Crippen molar-refractivity contribution in [1.29, 1.82) is 0 Å². The maximum Gasteiger partial charge on any atom is 0.165 e. The molecule has 5 nitrogen and oxygen atoms in total. The van der Waals surface area contributed by atoms with Gasteiger partial charge in [-0.1, -0.05) is 158 Å². The van der Waals surface area contributed by atoms with E-state index in [0.717, 1.165) is 76.8 Å². The Morgan fingerprint density at radius 2 is 0.913 bits per heavy atom. The van der Waals surface area contributed by atoms with E-state index in [0.29, 0.717) is 17.5 Å². The molecule has 0 aliphatic rings. The van der Waals surface area contributed by atoms with Gasteiger partial charge in [0, 0.05) is 58.4 Å². The van der Waals surface area contributed by atoms with E-state index in [1.54, 1.807) is 11.3 Å². The topological polar surface area (TPSA) is 56.2 Å². The van der Waals surface area contributed by atoms with Gasteiger partial charge in [0.25, 0.3) is 0 Å². The zero-order valence-corrected chi connectivity index (χ0v) is 37.7. The number of fused-ring (bicyclic) bond motifs is 9. The molecule has 0 atom stereocenters. The summed E-state index contributed by atoms with van der Waals surface area (Å²) in [5, 5.41) is 9.55. The van der Waals surface area contributed by atoms with Crippen LogP contribution in [0.5, 0.6) is 0 Å². The fourth-order valence-electron chi connectivity index (χ4n) is 10.9. The number of rotatable bonds is 6. The normalized spacial score (nSPS) is 12.1. The minimum Gasteiger partial charge on any atom is -0.456 e. The van der Waals surface area contributed by atoms with Gasteiger partial charge in [0.05, 0.1) is 21.9 Å². The Bertz CT molecular complexity index is 4460. The van der Waals surface area contributed by atoms with Crippen LogP contribution < -0.4 is 0 Å². The summed E-state index contributed by atoms with van der Waals surface area (Å²) in [6.07, 6.45) is 0. The van der Waals surface area contributed by atoms with Crippen molar-refractivity contribution in [3.8, 4) is 67.5 Å². The van der Waals surface area contributed by atoms with Crippen LogP contribution in [0, 0.1) is 0 Å². The molecule has 15 rings (SSSR count). The lowest BCUT2D eigenvalue weighted by molar-refractivity contribution is 0.669. The number of aromatic nitrogens is 4. The minimum atomic E-state index is 0.615. The van der Waals surface area contributed by atoms with Crippen LogP contribution in [0.1, 0.15) is 0 Å². The Morgan fingerprint density at radius 1 is 0.333 bits per heavy atom. The lowest BCUT2D eigenvalue weighted by Gasteiger charge is -2.13. The first-order chi connectivity index (χ1) is 34.2. The molecule has 10 aromatic carbocycles. The zero-order valence-electron chi connectivity index (χ0n) is 36.9. The van der Waals surface area contributed by atoms with Crippen molar-refractivity contribution in [2.24, 2.45) is 0 Å². The average Bonchev–Trinajstić information content (AvgIpc) is 4.08. The van der Waals surface area contributed by atoms with Crippen LogP contribution in [0.4, 0.5) is 0 Å². The van der Waals surface area contributed by atoms with Crippen molar-refractivity contribution < 1.29 is 4.42 Å². The number of nitrogens with zero attached hydrogens (tertiary/aromatic N) is 4. The second-order valence-electron chi connectivity index (χ2n) is 17.9. The summed E-state index contributed by atoms with van der Waals surface area (Å²) in [5.41, 5.74) is 14.8. The molecule has 0 aliphatic carbocycles. The molecule has 6 heteroatoms. The Morgan fingerprint density at radius 3 is 1.71 bits per heavy atom. The van der Waals surface area contributed by atoms with Gasteiger partial charge in [-0.05, 0) is 99.4 Å². The van der Waals surface area contributed by atoms with Crippen LogP contribution in [-0.4, -0.2) is 19.4 Å². The van der Waals surface area contributed by atoms with Crippen molar-refractivity contribution in [3.05, 3.63) is 218 Å². The number of thiophene rings is 1. The molecule has 0 N–H and O–H groups in total. The molecular weight excluding hydrogens is 861 g/mol. The number of hydrogen-bond acceptors (Lipinski definition) is 5. The van der Waals surface area contributed by atoms with Gasteiger partial charge in [-0.15, -0.1) is 11.3 Å². The molecular formula is C63H36N4OS. The average molecular weight is 897 g/mol. The van der Waals surface area contributed by atoms with E-state index in [1.165, 1.54) is 53.4 Å². The molecule has 0 spiro atoms. The van der Waals surface area contributed by atoms with Gasteiger partial charge in [0.2, 0.25) is 0 Å². The molecule has 0 amide bonds. The second-order valence-corrected chi connectivity index (χ2v) is 18.9. The fraction of sp³-hybridized carbons (Fsp3) is 0. The largest absolute Gasteiger partial charge is 0.456 e. The highest BCUT2D eigenvalue weighted by Crippen LogP contribution is 2.47.